The first-order chi connectivity index (χ1) is 8.28. The maximum atomic E-state index is 11.8. The Morgan fingerprint density at radius 3 is 2.50 bits per heavy atom. The molecule has 0 aliphatic rings. The Kier molecular flexibility index (Phi) is 6.17. The number of aliphatic carboxylic acids is 1. The van der Waals surface area contributed by atoms with Gasteiger partial charge in [-0.3, -0.25) is 4.79 Å². The summed E-state index contributed by atoms with van der Waals surface area (Å²) in [4.78, 5) is 24.2. The van der Waals surface area contributed by atoms with Gasteiger partial charge in [0.05, 0.1) is 17.9 Å². The van der Waals surface area contributed by atoms with Gasteiger partial charge in [0.15, 0.2) is 0 Å². The molecule has 0 rings (SSSR count). The van der Waals surface area contributed by atoms with Crippen LogP contribution in [0.1, 0.15) is 33.6 Å². The second kappa shape index (κ2) is 6.84. The van der Waals surface area contributed by atoms with Crippen LogP contribution < -0.4 is 5.32 Å². The van der Waals surface area contributed by atoms with Crippen molar-refractivity contribution in [3.8, 4) is 6.07 Å². The van der Waals surface area contributed by atoms with Crippen molar-refractivity contribution >= 4 is 12.0 Å². The third kappa shape index (κ3) is 4.24. The van der Waals surface area contributed by atoms with Crippen molar-refractivity contribution in [1.82, 2.24) is 10.2 Å². The molecule has 0 aromatic carbocycles. The van der Waals surface area contributed by atoms with Gasteiger partial charge in [-0.1, -0.05) is 6.92 Å². The molecule has 0 aliphatic carbocycles. The van der Waals surface area contributed by atoms with Crippen LogP contribution in [0.3, 0.4) is 0 Å². The van der Waals surface area contributed by atoms with Crippen LogP contribution in [0.25, 0.3) is 0 Å². The average Bonchev–Trinajstić information content (AvgIpc) is 2.34. The lowest BCUT2D eigenvalue weighted by Crippen LogP contribution is -2.47. The van der Waals surface area contributed by atoms with Crippen molar-refractivity contribution < 1.29 is 14.7 Å². The maximum Gasteiger partial charge on any atom is 0.317 e. The van der Waals surface area contributed by atoms with Crippen molar-refractivity contribution in [1.29, 1.82) is 5.26 Å². The normalized spacial score (nSPS) is 15.1. The second-order valence-electron chi connectivity index (χ2n) is 4.70. The highest BCUT2D eigenvalue weighted by Gasteiger charge is 2.32. The highest BCUT2D eigenvalue weighted by molar-refractivity contribution is 5.77. The predicted molar refractivity (Wildman–Crippen MR) is 66.9 cm³/mol. The first-order valence-electron chi connectivity index (χ1n) is 5.89. The van der Waals surface area contributed by atoms with E-state index in [0.717, 1.165) is 0 Å². The number of nitriles is 1. The van der Waals surface area contributed by atoms with Crippen LogP contribution in [-0.2, 0) is 4.79 Å². The number of amides is 2. The quantitative estimate of drug-likeness (QED) is 0.750. The van der Waals surface area contributed by atoms with E-state index in [1.54, 1.807) is 27.8 Å². The second-order valence-corrected chi connectivity index (χ2v) is 4.70. The summed E-state index contributed by atoms with van der Waals surface area (Å²) in [6, 6.07) is 1.43. The van der Waals surface area contributed by atoms with Gasteiger partial charge >= 0.3 is 12.0 Å². The summed E-state index contributed by atoms with van der Waals surface area (Å²) in [6.45, 7) is 5.19. The third-order valence-corrected chi connectivity index (χ3v) is 3.29. The first-order valence-corrected chi connectivity index (χ1v) is 5.89. The van der Waals surface area contributed by atoms with Crippen LogP contribution in [0, 0.1) is 16.7 Å². The first kappa shape index (κ1) is 16.2. The van der Waals surface area contributed by atoms with Gasteiger partial charge in [-0.05, 0) is 20.3 Å². The number of carbonyl (C=O) groups excluding carboxylic acids is 1. The van der Waals surface area contributed by atoms with E-state index in [0.29, 0.717) is 6.42 Å². The Balaban J connectivity index is 4.42. The molecule has 2 atom stereocenters. The minimum atomic E-state index is -0.963. The fourth-order valence-electron chi connectivity index (χ4n) is 1.22. The molecule has 0 aromatic rings. The number of hydrogen-bond donors (Lipinski definition) is 2. The molecular weight excluding hydrogens is 234 g/mol. The van der Waals surface area contributed by atoms with Gasteiger partial charge in [0, 0.05) is 19.6 Å². The Bertz CT molecular complexity index is 351. The van der Waals surface area contributed by atoms with Crippen molar-refractivity contribution in [2.45, 2.75) is 39.7 Å². The highest BCUT2D eigenvalue weighted by atomic mass is 16.4. The number of rotatable bonds is 6. The van der Waals surface area contributed by atoms with Crippen LogP contribution in [0.5, 0.6) is 0 Å². The monoisotopic (exact) mass is 255 g/mol. The smallest absolute Gasteiger partial charge is 0.317 e. The van der Waals surface area contributed by atoms with E-state index < -0.39 is 11.4 Å². The average molecular weight is 255 g/mol. The third-order valence-electron chi connectivity index (χ3n) is 3.29. The molecule has 0 fully saturated rings. The van der Waals surface area contributed by atoms with Crippen molar-refractivity contribution in [2.75, 3.05) is 13.6 Å². The molecule has 0 aromatic heterocycles. The molecule has 6 nitrogen and oxygen atoms in total. The predicted octanol–water partition coefficient (Wildman–Crippen LogP) is 1.43. The molecule has 18 heavy (non-hydrogen) atoms. The zero-order valence-electron chi connectivity index (χ0n) is 11.4. The summed E-state index contributed by atoms with van der Waals surface area (Å²) in [5.74, 6) is -0.932. The van der Waals surface area contributed by atoms with Crippen molar-refractivity contribution in [3.63, 3.8) is 0 Å². The molecule has 2 unspecified atom stereocenters. The Morgan fingerprint density at radius 2 is 2.11 bits per heavy atom. The van der Waals surface area contributed by atoms with Gasteiger partial charge in [-0.25, -0.2) is 4.79 Å². The molecule has 0 aliphatic heterocycles. The van der Waals surface area contributed by atoms with E-state index in [1.807, 2.05) is 6.07 Å². The standard InChI is InChI=1S/C12H21N3O3/c1-5-12(3,10(16)17)8-14-11(18)15(4)9(2)6-7-13/h9H,5-6,8H2,1-4H3,(H,14,18)(H,16,17). The summed E-state index contributed by atoms with van der Waals surface area (Å²) in [7, 11) is 1.58. The molecule has 0 heterocycles. The topological polar surface area (TPSA) is 93.4 Å². The van der Waals surface area contributed by atoms with Gasteiger partial charge in [-0.15, -0.1) is 0 Å². The minimum absolute atomic E-state index is 0.0707. The number of nitrogens with one attached hydrogen (secondary N) is 1. The lowest BCUT2D eigenvalue weighted by Gasteiger charge is -2.27. The van der Waals surface area contributed by atoms with E-state index in [4.69, 9.17) is 10.4 Å². The lowest BCUT2D eigenvalue weighted by atomic mass is 9.88. The van der Waals surface area contributed by atoms with Crippen LogP contribution in [0.4, 0.5) is 4.79 Å². The molecular formula is C12H21N3O3. The van der Waals surface area contributed by atoms with Gasteiger partial charge in [0.25, 0.3) is 0 Å². The maximum absolute atomic E-state index is 11.8. The van der Waals surface area contributed by atoms with Crippen molar-refractivity contribution in [2.24, 2.45) is 5.41 Å². The Morgan fingerprint density at radius 1 is 1.56 bits per heavy atom. The molecule has 0 saturated carbocycles. The zero-order valence-corrected chi connectivity index (χ0v) is 11.4. The number of urea groups is 1. The largest absolute Gasteiger partial charge is 0.481 e. The molecule has 0 saturated heterocycles. The molecule has 0 radical (unpaired) electrons. The molecule has 0 spiro atoms. The van der Waals surface area contributed by atoms with E-state index in [1.165, 1.54) is 4.90 Å². The molecule has 6 heteroatoms. The summed E-state index contributed by atoms with van der Waals surface area (Å²) >= 11 is 0. The number of carbonyl (C=O) groups is 2. The van der Waals surface area contributed by atoms with Gasteiger partial charge in [-0.2, -0.15) is 5.26 Å². The number of nitrogens with zero attached hydrogens (tertiary/aromatic N) is 2. The fraction of sp³-hybridized carbons (Fsp3) is 0.750. The van der Waals surface area contributed by atoms with Crippen LogP contribution in [0.2, 0.25) is 0 Å². The summed E-state index contributed by atoms with van der Waals surface area (Å²) in [6.07, 6.45) is 0.675. The number of carboxylic acids is 1. The van der Waals surface area contributed by atoms with E-state index in [2.05, 4.69) is 5.32 Å². The highest BCUT2D eigenvalue weighted by Crippen LogP contribution is 2.20. The SMILES string of the molecule is CCC(C)(CNC(=O)N(C)C(C)CC#N)C(=O)O. The van der Waals surface area contributed by atoms with Crippen molar-refractivity contribution in [3.05, 3.63) is 0 Å². The summed E-state index contributed by atoms with van der Waals surface area (Å²) in [5, 5.41) is 20.2. The van der Waals surface area contributed by atoms with Gasteiger partial charge in [0.1, 0.15) is 0 Å². The van der Waals surface area contributed by atoms with E-state index in [-0.39, 0.29) is 25.0 Å². The van der Waals surface area contributed by atoms with Crippen LogP contribution in [0.15, 0.2) is 0 Å². The van der Waals surface area contributed by atoms with E-state index in [9.17, 15) is 9.59 Å². The lowest BCUT2D eigenvalue weighted by molar-refractivity contribution is -0.147. The summed E-state index contributed by atoms with van der Waals surface area (Å²) < 4.78 is 0. The molecule has 102 valence electrons. The molecule has 0 bridgehead atoms. The number of hydrogen-bond acceptors (Lipinski definition) is 3. The molecule has 2 N–H and O–H groups in total. The fourth-order valence-corrected chi connectivity index (χ4v) is 1.22. The Labute approximate surface area is 108 Å². The minimum Gasteiger partial charge on any atom is -0.481 e. The summed E-state index contributed by atoms with van der Waals surface area (Å²) in [5.41, 5.74) is -0.963. The van der Waals surface area contributed by atoms with Gasteiger partial charge in [0.2, 0.25) is 0 Å². The van der Waals surface area contributed by atoms with Crippen LogP contribution in [-0.4, -0.2) is 41.6 Å². The zero-order chi connectivity index (χ0) is 14.3. The number of carboxylic acid groups (broad SMARTS) is 1. The van der Waals surface area contributed by atoms with Gasteiger partial charge < -0.3 is 15.3 Å². The Hall–Kier alpha value is -1.77. The van der Waals surface area contributed by atoms with Crippen LogP contribution >= 0.6 is 0 Å². The molecule has 2 amide bonds. The van der Waals surface area contributed by atoms with E-state index >= 15 is 0 Å².